The number of rotatable bonds is 9. The highest BCUT2D eigenvalue weighted by Gasteiger charge is 2.14. The fraction of sp³-hybridized carbons (Fsp3) is 0.273. The Hall–Kier alpha value is -2.91. The number of carbonyl (C=O) groups is 1. The largest absolute Gasteiger partial charge is 0.494 e. The summed E-state index contributed by atoms with van der Waals surface area (Å²) < 4.78 is 8.65. The predicted molar refractivity (Wildman–Crippen MR) is 126 cm³/mol. The SMILES string of the molecule is CCCCOc1ccc(-c2nnc(SCC(=O)Nc3nc4ccccc4s3)n2C)cc1. The Morgan fingerprint density at radius 3 is 2.74 bits per heavy atom. The van der Waals surface area contributed by atoms with Crippen molar-refractivity contribution in [2.45, 2.75) is 24.9 Å². The number of aromatic nitrogens is 4. The Labute approximate surface area is 188 Å². The summed E-state index contributed by atoms with van der Waals surface area (Å²) in [6.45, 7) is 2.86. The van der Waals surface area contributed by atoms with Crippen LogP contribution in [0.1, 0.15) is 19.8 Å². The van der Waals surface area contributed by atoms with Crippen molar-refractivity contribution in [2.24, 2.45) is 7.05 Å². The van der Waals surface area contributed by atoms with Gasteiger partial charge < -0.3 is 14.6 Å². The van der Waals surface area contributed by atoms with E-state index < -0.39 is 0 Å². The van der Waals surface area contributed by atoms with Gasteiger partial charge in [0.25, 0.3) is 0 Å². The molecule has 0 aliphatic rings. The molecule has 0 aliphatic heterocycles. The normalized spacial score (nSPS) is 11.0. The van der Waals surface area contributed by atoms with Crippen LogP contribution in [-0.2, 0) is 11.8 Å². The highest BCUT2D eigenvalue weighted by molar-refractivity contribution is 7.99. The fourth-order valence-electron chi connectivity index (χ4n) is 2.94. The van der Waals surface area contributed by atoms with Gasteiger partial charge in [-0.3, -0.25) is 4.79 Å². The quantitative estimate of drug-likeness (QED) is 0.284. The molecule has 4 rings (SSSR count). The summed E-state index contributed by atoms with van der Waals surface area (Å²) in [6, 6.07) is 15.6. The molecule has 0 aliphatic carbocycles. The van der Waals surface area contributed by atoms with E-state index in [2.05, 4.69) is 27.4 Å². The Kier molecular flexibility index (Phi) is 6.83. The number of hydrogen-bond acceptors (Lipinski definition) is 7. The summed E-state index contributed by atoms with van der Waals surface area (Å²) in [6.07, 6.45) is 2.15. The van der Waals surface area contributed by atoms with Gasteiger partial charge in [-0.1, -0.05) is 48.6 Å². The maximum absolute atomic E-state index is 12.4. The Bertz CT molecular complexity index is 1140. The molecule has 31 heavy (non-hydrogen) atoms. The van der Waals surface area contributed by atoms with Crippen LogP contribution in [0.2, 0.25) is 0 Å². The van der Waals surface area contributed by atoms with E-state index in [-0.39, 0.29) is 11.7 Å². The Morgan fingerprint density at radius 1 is 1.16 bits per heavy atom. The van der Waals surface area contributed by atoms with Gasteiger partial charge in [0.1, 0.15) is 5.75 Å². The molecular formula is C22H23N5O2S2. The summed E-state index contributed by atoms with van der Waals surface area (Å²) >= 11 is 2.81. The fourth-order valence-corrected chi connectivity index (χ4v) is 4.53. The lowest BCUT2D eigenvalue weighted by Crippen LogP contribution is -2.14. The third-order valence-corrected chi connectivity index (χ3v) is 6.56. The number of nitrogens with zero attached hydrogens (tertiary/aromatic N) is 4. The van der Waals surface area contributed by atoms with Crippen LogP contribution >= 0.6 is 23.1 Å². The number of benzene rings is 2. The summed E-state index contributed by atoms with van der Waals surface area (Å²) in [7, 11) is 1.90. The molecule has 2 aromatic carbocycles. The van der Waals surface area contributed by atoms with Gasteiger partial charge in [-0.15, -0.1) is 10.2 Å². The smallest absolute Gasteiger partial charge is 0.236 e. The number of amides is 1. The number of thiazole rings is 1. The minimum atomic E-state index is -0.123. The monoisotopic (exact) mass is 453 g/mol. The second-order valence-corrected chi connectivity index (χ2v) is 8.89. The number of nitrogens with one attached hydrogen (secondary N) is 1. The van der Waals surface area contributed by atoms with Crippen molar-refractivity contribution in [1.29, 1.82) is 0 Å². The summed E-state index contributed by atoms with van der Waals surface area (Å²) in [4.78, 5) is 16.8. The molecule has 0 spiro atoms. The van der Waals surface area contributed by atoms with Crippen molar-refractivity contribution in [3.05, 3.63) is 48.5 Å². The molecule has 0 fully saturated rings. The van der Waals surface area contributed by atoms with E-state index in [1.165, 1.54) is 23.1 Å². The van der Waals surface area contributed by atoms with Crippen LogP contribution in [-0.4, -0.2) is 38.0 Å². The molecule has 4 aromatic rings. The van der Waals surface area contributed by atoms with Gasteiger partial charge in [0.05, 0.1) is 22.6 Å². The van der Waals surface area contributed by atoms with Crippen molar-refractivity contribution < 1.29 is 9.53 Å². The number of carbonyl (C=O) groups excluding carboxylic acids is 1. The van der Waals surface area contributed by atoms with Gasteiger partial charge in [-0.25, -0.2) is 4.98 Å². The number of hydrogen-bond donors (Lipinski definition) is 1. The maximum Gasteiger partial charge on any atom is 0.236 e. The second-order valence-electron chi connectivity index (χ2n) is 6.92. The molecular weight excluding hydrogens is 430 g/mol. The second kappa shape index (κ2) is 9.93. The molecule has 0 atom stereocenters. The predicted octanol–water partition coefficient (Wildman–Crippen LogP) is 5.00. The molecule has 0 saturated heterocycles. The first-order chi connectivity index (χ1) is 15.1. The van der Waals surface area contributed by atoms with E-state index in [4.69, 9.17) is 4.74 Å². The van der Waals surface area contributed by atoms with Crippen LogP contribution in [0, 0.1) is 0 Å². The number of ether oxygens (including phenoxy) is 1. The zero-order chi connectivity index (χ0) is 21.6. The number of para-hydroxylation sites is 1. The average molecular weight is 454 g/mol. The van der Waals surface area contributed by atoms with Crippen molar-refractivity contribution in [3.8, 4) is 17.1 Å². The van der Waals surface area contributed by atoms with E-state index in [9.17, 15) is 4.79 Å². The van der Waals surface area contributed by atoms with Gasteiger partial charge in [0, 0.05) is 12.6 Å². The number of unbranched alkanes of at least 4 members (excludes halogenated alkanes) is 1. The maximum atomic E-state index is 12.4. The highest BCUT2D eigenvalue weighted by Crippen LogP contribution is 2.27. The summed E-state index contributed by atoms with van der Waals surface area (Å²) in [5.74, 6) is 1.70. The molecule has 160 valence electrons. The van der Waals surface area contributed by atoms with Crippen molar-refractivity contribution >= 4 is 44.4 Å². The van der Waals surface area contributed by atoms with Gasteiger partial charge in [-0.2, -0.15) is 0 Å². The Balaban J connectivity index is 1.35. The molecule has 0 bridgehead atoms. The number of thioether (sulfide) groups is 1. The first-order valence-electron chi connectivity index (χ1n) is 10.0. The molecule has 0 saturated carbocycles. The molecule has 2 heterocycles. The molecule has 9 heteroatoms. The molecule has 1 amide bonds. The van der Waals surface area contributed by atoms with Gasteiger partial charge >= 0.3 is 0 Å². The van der Waals surface area contributed by atoms with Gasteiger partial charge in [0.2, 0.25) is 5.91 Å². The van der Waals surface area contributed by atoms with E-state index in [0.717, 1.165) is 46.8 Å². The zero-order valence-electron chi connectivity index (χ0n) is 17.4. The lowest BCUT2D eigenvalue weighted by atomic mass is 10.2. The van der Waals surface area contributed by atoms with E-state index in [1.54, 1.807) is 0 Å². The van der Waals surface area contributed by atoms with Crippen LogP contribution in [0.15, 0.2) is 53.7 Å². The molecule has 0 unspecified atom stereocenters. The van der Waals surface area contributed by atoms with Gasteiger partial charge in [0.15, 0.2) is 16.1 Å². The molecule has 2 aromatic heterocycles. The third-order valence-electron chi connectivity index (χ3n) is 4.59. The van der Waals surface area contributed by atoms with E-state index in [1.807, 2.05) is 60.1 Å². The highest BCUT2D eigenvalue weighted by atomic mass is 32.2. The van der Waals surface area contributed by atoms with Crippen molar-refractivity contribution in [2.75, 3.05) is 17.7 Å². The molecule has 0 radical (unpaired) electrons. The molecule has 7 nitrogen and oxygen atoms in total. The third kappa shape index (κ3) is 5.23. The summed E-state index contributed by atoms with van der Waals surface area (Å²) in [5, 5.41) is 12.7. The van der Waals surface area contributed by atoms with Crippen molar-refractivity contribution in [3.63, 3.8) is 0 Å². The minimum Gasteiger partial charge on any atom is -0.494 e. The lowest BCUT2D eigenvalue weighted by Gasteiger charge is -2.07. The topological polar surface area (TPSA) is 81.9 Å². The minimum absolute atomic E-state index is 0.123. The number of fused-ring (bicyclic) bond motifs is 1. The first-order valence-corrected chi connectivity index (χ1v) is 11.8. The van der Waals surface area contributed by atoms with Crippen molar-refractivity contribution in [1.82, 2.24) is 19.7 Å². The van der Waals surface area contributed by atoms with Crippen LogP contribution < -0.4 is 10.1 Å². The van der Waals surface area contributed by atoms with Crippen LogP contribution in [0.4, 0.5) is 5.13 Å². The van der Waals surface area contributed by atoms with Crippen LogP contribution in [0.3, 0.4) is 0 Å². The Morgan fingerprint density at radius 2 is 1.97 bits per heavy atom. The lowest BCUT2D eigenvalue weighted by molar-refractivity contribution is -0.113. The first kappa shape index (κ1) is 21.3. The van der Waals surface area contributed by atoms with Crippen LogP contribution in [0.25, 0.3) is 21.6 Å². The summed E-state index contributed by atoms with van der Waals surface area (Å²) in [5.41, 5.74) is 1.83. The number of anilines is 1. The molecule has 1 N–H and O–H groups in total. The van der Waals surface area contributed by atoms with E-state index in [0.29, 0.717) is 10.3 Å². The van der Waals surface area contributed by atoms with Gasteiger partial charge in [-0.05, 0) is 42.8 Å². The van der Waals surface area contributed by atoms with Crippen LogP contribution in [0.5, 0.6) is 5.75 Å². The zero-order valence-corrected chi connectivity index (χ0v) is 19.0. The standard InChI is InChI=1S/C22H23N5O2S2/c1-3-4-13-29-16-11-9-15(10-12-16)20-25-26-22(27(20)2)30-14-19(28)24-21-23-17-7-5-6-8-18(17)31-21/h5-12H,3-4,13-14H2,1-2H3,(H,23,24,28). The average Bonchev–Trinajstić information content (AvgIpc) is 3.35. The van der Waals surface area contributed by atoms with E-state index >= 15 is 0 Å².